The fourth-order valence-corrected chi connectivity index (χ4v) is 2.68. The molecule has 0 saturated carbocycles. The van der Waals surface area contributed by atoms with Gasteiger partial charge in [-0.25, -0.2) is 9.37 Å². The lowest BCUT2D eigenvalue weighted by atomic mass is 10.2. The quantitative estimate of drug-likeness (QED) is 0.827. The summed E-state index contributed by atoms with van der Waals surface area (Å²) in [6.45, 7) is 2.11. The van der Waals surface area contributed by atoms with Crippen LogP contribution in [0.2, 0.25) is 0 Å². The molecule has 0 radical (unpaired) electrons. The standard InChI is InChI=1S/C11H16BrFN2S/c1-4-9(7-16-3)15(2)11-10(13)5-8(12)6-14-11/h5-6,9H,4,7H2,1-3H3. The summed E-state index contributed by atoms with van der Waals surface area (Å²) in [4.78, 5) is 6.04. The summed E-state index contributed by atoms with van der Waals surface area (Å²) in [6.07, 6.45) is 4.66. The Labute approximate surface area is 109 Å². The SMILES string of the molecule is CCC(CSC)N(C)c1ncc(Br)cc1F. The Bertz CT molecular complexity index is 349. The zero-order chi connectivity index (χ0) is 12.1. The topological polar surface area (TPSA) is 16.1 Å². The third kappa shape index (κ3) is 3.35. The van der Waals surface area contributed by atoms with Crippen LogP contribution in [0.15, 0.2) is 16.7 Å². The van der Waals surface area contributed by atoms with E-state index in [1.165, 1.54) is 6.07 Å². The van der Waals surface area contributed by atoms with E-state index >= 15 is 0 Å². The van der Waals surface area contributed by atoms with Crippen LogP contribution >= 0.6 is 27.7 Å². The maximum Gasteiger partial charge on any atom is 0.166 e. The molecule has 5 heteroatoms. The second-order valence-corrected chi connectivity index (χ2v) is 5.41. The lowest BCUT2D eigenvalue weighted by molar-refractivity contribution is 0.592. The minimum absolute atomic E-state index is 0.281. The van der Waals surface area contributed by atoms with Gasteiger partial charge in [-0.2, -0.15) is 11.8 Å². The zero-order valence-electron chi connectivity index (χ0n) is 9.70. The van der Waals surface area contributed by atoms with Gasteiger partial charge in [-0.15, -0.1) is 0 Å². The summed E-state index contributed by atoms with van der Waals surface area (Å²) in [6, 6.07) is 1.77. The molecule has 1 heterocycles. The number of hydrogen-bond donors (Lipinski definition) is 0. The second kappa shape index (κ2) is 6.45. The van der Waals surface area contributed by atoms with Crippen LogP contribution in [-0.4, -0.2) is 30.1 Å². The highest BCUT2D eigenvalue weighted by molar-refractivity contribution is 9.10. The number of halogens is 2. The van der Waals surface area contributed by atoms with Crippen molar-refractivity contribution >= 4 is 33.5 Å². The first-order valence-electron chi connectivity index (χ1n) is 5.13. The smallest absolute Gasteiger partial charge is 0.166 e. The zero-order valence-corrected chi connectivity index (χ0v) is 12.1. The summed E-state index contributed by atoms with van der Waals surface area (Å²) in [5.74, 6) is 1.12. The first-order valence-corrected chi connectivity index (χ1v) is 7.31. The first kappa shape index (κ1) is 13.8. The summed E-state index contributed by atoms with van der Waals surface area (Å²) >= 11 is 4.97. The Morgan fingerprint density at radius 3 is 2.81 bits per heavy atom. The molecule has 1 aromatic heterocycles. The molecular weight excluding hydrogens is 291 g/mol. The molecule has 0 aliphatic carbocycles. The monoisotopic (exact) mass is 306 g/mol. The lowest BCUT2D eigenvalue weighted by Crippen LogP contribution is -2.34. The number of thioether (sulfide) groups is 1. The third-order valence-corrected chi connectivity index (χ3v) is 3.65. The minimum atomic E-state index is -0.281. The maximum absolute atomic E-state index is 13.7. The van der Waals surface area contributed by atoms with Crippen LogP contribution in [0.5, 0.6) is 0 Å². The van der Waals surface area contributed by atoms with Gasteiger partial charge in [0.2, 0.25) is 0 Å². The van der Waals surface area contributed by atoms with E-state index in [-0.39, 0.29) is 5.82 Å². The highest BCUT2D eigenvalue weighted by Crippen LogP contribution is 2.22. The molecule has 0 bridgehead atoms. The van der Waals surface area contributed by atoms with Crippen molar-refractivity contribution in [2.24, 2.45) is 0 Å². The Hall–Kier alpha value is -0.290. The molecule has 0 aliphatic rings. The predicted octanol–water partition coefficient (Wildman–Crippen LogP) is 3.56. The first-order chi connectivity index (χ1) is 7.60. The van der Waals surface area contributed by atoms with Gasteiger partial charge in [0, 0.05) is 29.5 Å². The van der Waals surface area contributed by atoms with E-state index in [1.54, 1.807) is 18.0 Å². The third-order valence-electron chi connectivity index (χ3n) is 2.50. The molecule has 0 aromatic carbocycles. The van der Waals surface area contributed by atoms with Gasteiger partial charge in [-0.1, -0.05) is 6.92 Å². The molecule has 0 amide bonds. The van der Waals surface area contributed by atoms with Gasteiger partial charge in [-0.3, -0.25) is 0 Å². The summed E-state index contributed by atoms with van der Waals surface area (Å²) in [5.41, 5.74) is 0. The van der Waals surface area contributed by atoms with Crippen LogP contribution in [0.25, 0.3) is 0 Å². The molecule has 1 atom stereocenters. The molecule has 1 rings (SSSR count). The van der Waals surface area contributed by atoms with Crippen LogP contribution in [0.1, 0.15) is 13.3 Å². The second-order valence-electron chi connectivity index (χ2n) is 3.59. The summed E-state index contributed by atoms with van der Waals surface area (Å²) in [7, 11) is 1.89. The van der Waals surface area contributed by atoms with E-state index in [2.05, 4.69) is 34.1 Å². The van der Waals surface area contributed by atoms with Gasteiger partial charge in [0.15, 0.2) is 11.6 Å². The molecule has 1 unspecified atom stereocenters. The number of pyridine rings is 1. The van der Waals surface area contributed by atoms with E-state index < -0.39 is 0 Å². The van der Waals surface area contributed by atoms with Crippen LogP contribution in [0, 0.1) is 5.82 Å². The predicted molar refractivity (Wildman–Crippen MR) is 72.8 cm³/mol. The van der Waals surface area contributed by atoms with Crippen molar-refractivity contribution in [2.75, 3.05) is 24.0 Å². The minimum Gasteiger partial charge on any atom is -0.353 e. The lowest BCUT2D eigenvalue weighted by Gasteiger charge is -2.28. The van der Waals surface area contributed by atoms with Gasteiger partial charge in [-0.05, 0) is 34.7 Å². The molecule has 90 valence electrons. The molecular formula is C11H16BrFN2S. The van der Waals surface area contributed by atoms with Crippen molar-refractivity contribution in [3.63, 3.8) is 0 Å². The number of rotatable bonds is 5. The Balaban J connectivity index is 2.89. The van der Waals surface area contributed by atoms with Crippen LogP contribution in [0.4, 0.5) is 10.2 Å². The van der Waals surface area contributed by atoms with Crippen LogP contribution < -0.4 is 4.90 Å². The average Bonchev–Trinajstić information content (AvgIpc) is 2.25. The van der Waals surface area contributed by atoms with Crippen LogP contribution in [0.3, 0.4) is 0 Å². The van der Waals surface area contributed by atoms with E-state index in [0.29, 0.717) is 16.3 Å². The van der Waals surface area contributed by atoms with Crippen molar-refractivity contribution < 1.29 is 4.39 Å². The van der Waals surface area contributed by atoms with E-state index in [4.69, 9.17) is 0 Å². The Morgan fingerprint density at radius 2 is 2.31 bits per heavy atom. The number of hydrogen-bond acceptors (Lipinski definition) is 3. The van der Waals surface area contributed by atoms with Gasteiger partial charge in [0.05, 0.1) is 0 Å². The van der Waals surface area contributed by atoms with Gasteiger partial charge < -0.3 is 4.90 Å². The van der Waals surface area contributed by atoms with Crippen molar-refractivity contribution in [1.29, 1.82) is 0 Å². The fourth-order valence-electron chi connectivity index (χ4n) is 1.54. The summed E-state index contributed by atoms with van der Waals surface area (Å²) < 4.78 is 14.4. The maximum atomic E-state index is 13.7. The molecule has 0 N–H and O–H groups in total. The largest absolute Gasteiger partial charge is 0.353 e. The average molecular weight is 307 g/mol. The van der Waals surface area contributed by atoms with Crippen molar-refractivity contribution in [3.05, 3.63) is 22.6 Å². The molecule has 1 aromatic rings. The Morgan fingerprint density at radius 1 is 1.62 bits per heavy atom. The fraction of sp³-hybridized carbons (Fsp3) is 0.545. The number of anilines is 1. The van der Waals surface area contributed by atoms with Crippen LogP contribution in [-0.2, 0) is 0 Å². The van der Waals surface area contributed by atoms with Crippen molar-refractivity contribution in [3.8, 4) is 0 Å². The number of aromatic nitrogens is 1. The van der Waals surface area contributed by atoms with E-state index in [9.17, 15) is 4.39 Å². The highest BCUT2D eigenvalue weighted by atomic mass is 79.9. The van der Waals surface area contributed by atoms with Gasteiger partial charge in [0.25, 0.3) is 0 Å². The Kier molecular flexibility index (Phi) is 5.55. The van der Waals surface area contributed by atoms with E-state index in [1.807, 2.05) is 11.9 Å². The van der Waals surface area contributed by atoms with Gasteiger partial charge in [0.1, 0.15) is 0 Å². The molecule has 0 fully saturated rings. The van der Waals surface area contributed by atoms with Crippen molar-refractivity contribution in [1.82, 2.24) is 4.98 Å². The molecule has 0 spiro atoms. The normalized spacial score (nSPS) is 12.6. The molecule has 0 aliphatic heterocycles. The molecule has 16 heavy (non-hydrogen) atoms. The molecule has 0 saturated heterocycles. The highest BCUT2D eigenvalue weighted by Gasteiger charge is 2.17. The summed E-state index contributed by atoms with van der Waals surface area (Å²) in [5, 5.41) is 0. The molecule has 2 nitrogen and oxygen atoms in total. The van der Waals surface area contributed by atoms with Gasteiger partial charge >= 0.3 is 0 Å². The van der Waals surface area contributed by atoms with E-state index in [0.717, 1.165) is 12.2 Å². The van der Waals surface area contributed by atoms with Crippen molar-refractivity contribution in [2.45, 2.75) is 19.4 Å². The number of nitrogens with zero attached hydrogens (tertiary/aromatic N) is 2.